The van der Waals surface area contributed by atoms with Crippen molar-refractivity contribution in [1.29, 1.82) is 0 Å². The molecule has 1 rings (SSSR count). The van der Waals surface area contributed by atoms with Crippen LogP contribution in [0.2, 0.25) is 0 Å². The molecule has 0 unspecified atom stereocenters. The van der Waals surface area contributed by atoms with Crippen molar-refractivity contribution >= 4 is 0 Å². The van der Waals surface area contributed by atoms with Gasteiger partial charge in [0.1, 0.15) is 5.75 Å². The van der Waals surface area contributed by atoms with Crippen LogP contribution in [0.1, 0.15) is 38.8 Å². The highest BCUT2D eigenvalue weighted by Crippen LogP contribution is 2.33. The van der Waals surface area contributed by atoms with Crippen LogP contribution in [0.5, 0.6) is 5.75 Å². The smallest absolute Gasteiger partial charge is 0.189 e. The van der Waals surface area contributed by atoms with E-state index in [1.165, 1.54) is 5.56 Å². The van der Waals surface area contributed by atoms with Gasteiger partial charge in [0.2, 0.25) is 0 Å². The lowest BCUT2D eigenvalue weighted by molar-refractivity contribution is 0.0209. The largest absolute Gasteiger partial charge is 0.467 e. The molecule has 0 amide bonds. The minimum Gasteiger partial charge on any atom is -0.467 e. The molecule has 90 valence electrons. The van der Waals surface area contributed by atoms with Crippen molar-refractivity contribution in [2.75, 3.05) is 13.4 Å². The Labute approximate surface area is 98.6 Å². The maximum absolute atomic E-state index is 5.71. The fraction of sp³-hybridized carbons (Fsp3) is 0.571. The molecule has 0 aliphatic heterocycles. The van der Waals surface area contributed by atoms with Gasteiger partial charge in [0, 0.05) is 6.61 Å². The van der Waals surface area contributed by atoms with Gasteiger partial charge in [-0.1, -0.05) is 39.0 Å². The predicted octanol–water partition coefficient (Wildman–Crippen LogP) is 3.67. The van der Waals surface area contributed by atoms with Gasteiger partial charge in [0.15, 0.2) is 6.79 Å². The highest BCUT2D eigenvalue weighted by atomic mass is 16.7. The first-order valence-corrected chi connectivity index (χ1v) is 5.77. The first-order valence-electron chi connectivity index (χ1n) is 5.77. The van der Waals surface area contributed by atoms with Crippen LogP contribution in [-0.2, 0) is 10.2 Å². The monoisotopic (exact) mass is 222 g/mol. The molecule has 0 aliphatic carbocycles. The molecule has 16 heavy (non-hydrogen) atoms. The third kappa shape index (κ3) is 3.24. The average Bonchev–Trinajstić information content (AvgIpc) is 2.19. The lowest BCUT2D eigenvalue weighted by atomic mass is 9.85. The average molecular weight is 222 g/mol. The summed E-state index contributed by atoms with van der Waals surface area (Å²) in [6.45, 7) is 11.6. The van der Waals surface area contributed by atoms with E-state index >= 15 is 0 Å². The van der Waals surface area contributed by atoms with Crippen LogP contribution in [0.25, 0.3) is 0 Å². The Balaban J connectivity index is 2.95. The van der Waals surface area contributed by atoms with Crippen LogP contribution in [-0.4, -0.2) is 13.4 Å². The molecule has 0 aromatic heterocycles. The van der Waals surface area contributed by atoms with E-state index < -0.39 is 0 Å². The van der Waals surface area contributed by atoms with E-state index in [0.29, 0.717) is 13.4 Å². The van der Waals surface area contributed by atoms with Crippen molar-refractivity contribution in [2.45, 2.75) is 40.0 Å². The molecular formula is C14H22O2. The third-order valence-electron chi connectivity index (χ3n) is 2.51. The summed E-state index contributed by atoms with van der Waals surface area (Å²) in [7, 11) is 0. The van der Waals surface area contributed by atoms with Crippen LogP contribution in [0.4, 0.5) is 0 Å². The molecule has 0 saturated heterocycles. The molecule has 0 spiro atoms. The number of aryl methyl sites for hydroxylation is 1. The summed E-state index contributed by atoms with van der Waals surface area (Å²) in [5, 5.41) is 0. The lowest BCUT2D eigenvalue weighted by Gasteiger charge is -2.24. The van der Waals surface area contributed by atoms with Crippen molar-refractivity contribution in [3.05, 3.63) is 29.3 Å². The molecule has 2 nitrogen and oxygen atoms in total. The number of ether oxygens (including phenoxy) is 2. The number of para-hydroxylation sites is 1. The van der Waals surface area contributed by atoms with Gasteiger partial charge in [-0.3, -0.25) is 0 Å². The van der Waals surface area contributed by atoms with Crippen LogP contribution in [0.15, 0.2) is 18.2 Å². The van der Waals surface area contributed by atoms with Crippen LogP contribution < -0.4 is 4.74 Å². The van der Waals surface area contributed by atoms with E-state index in [4.69, 9.17) is 9.47 Å². The van der Waals surface area contributed by atoms with E-state index in [9.17, 15) is 0 Å². The van der Waals surface area contributed by atoms with Gasteiger partial charge in [0.25, 0.3) is 0 Å². The van der Waals surface area contributed by atoms with Gasteiger partial charge in [-0.25, -0.2) is 0 Å². The Kier molecular flexibility index (Phi) is 4.36. The first kappa shape index (κ1) is 13.0. The lowest BCUT2D eigenvalue weighted by Crippen LogP contribution is -2.15. The predicted molar refractivity (Wildman–Crippen MR) is 67.0 cm³/mol. The second-order valence-corrected chi connectivity index (χ2v) is 4.96. The molecule has 0 heterocycles. The van der Waals surface area contributed by atoms with Crippen molar-refractivity contribution in [3.63, 3.8) is 0 Å². The molecule has 0 saturated carbocycles. The molecule has 2 heteroatoms. The van der Waals surface area contributed by atoms with Crippen LogP contribution >= 0.6 is 0 Å². The van der Waals surface area contributed by atoms with Gasteiger partial charge in [-0.2, -0.15) is 0 Å². The zero-order valence-electron chi connectivity index (χ0n) is 11.0. The SMILES string of the molecule is CCOCOc1c(C)cccc1C(C)(C)C. The first-order chi connectivity index (χ1) is 7.46. The summed E-state index contributed by atoms with van der Waals surface area (Å²) in [6, 6.07) is 6.26. The highest BCUT2D eigenvalue weighted by Gasteiger charge is 2.19. The van der Waals surface area contributed by atoms with Gasteiger partial charge in [0.05, 0.1) is 0 Å². The molecule has 0 fully saturated rings. The Morgan fingerprint density at radius 2 is 1.88 bits per heavy atom. The summed E-state index contributed by atoms with van der Waals surface area (Å²) in [5.74, 6) is 0.962. The topological polar surface area (TPSA) is 18.5 Å². The second-order valence-electron chi connectivity index (χ2n) is 4.96. The van der Waals surface area contributed by atoms with E-state index in [-0.39, 0.29) is 5.41 Å². The maximum Gasteiger partial charge on any atom is 0.189 e. The summed E-state index contributed by atoms with van der Waals surface area (Å²) in [4.78, 5) is 0. The molecule has 0 aliphatic rings. The summed E-state index contributed by atoms with van der Waals surface area (Å²) < 4.78 is 11.0. The van der Waals surface area contributed by atoms with Crippen LogP contribution in [0, 0.1) is 6.92 Å². The highest BCUT2D eigenvalue weighted by molar-refractivity contribution is 5.44. The molecule has 0 radical (unpaired) electrons. The minimum atomic E-state index is 0.0908. The second kappa shape index (κ2) is 5.35. The Morgan fingerprint density at radius 1 is 1.19 bits per heavy atom. The normalized spacial score (nSPS) is 11.6. The number of rotatable bonds is 4. The molecule has 0 bridgehead atoms. The molecule has 0 N–H and O–H groups in total. The summed E-state index contributed by atoms with van der Waals surface area (Å²) in [5.41, 5.74) is 2.48. The minimum absolute atomic E-state index is 0.0908. The summed E-state index contributed by atoms with van der Waals surface area (Å²) in [6.07, 6.45) is 0. The molecule has 1 aromatic carbocycles. The zero-order chi connectivity index (χ0) is 12.2. The number of hydrogen-bond acceptors (Lipinski definition) is 2. The quantitative estimate of drug-likeness (QED) is 0.571. The zero-order valence-corrected chi connectivity index (χ0v) is 11.0. The van der Waals surface area contributed by atoms with Gasteiger partial charge in [-0.15, -0.1) is 0 Å². The fourth-order valence-electron chi connectivity index (χ4n) is 1.62. The molecule has 0 atom stereocenters. The van der Waals surface area contributed by atoms with E-state index in [2.05, 4.69) is 45.9 Å². The number of benzene rings is 1. The van der Waals surface area contributed by atoms with E-state index in [1.807, 2.05) is 6.92 Å². The maximum atomic E-state index is 5.71. The van der Waals surface area contributed by atoms with Crippen molar-refractivity contribution in [2.24, 2.45) is 0 Å². The van der Waals surface area contributed by atoms with Gasteiger partial charge >= 0.3 is 0 Å². The van der Waals surface area contributed by atoms with Crippen molar-refractivity contribution in [1.82, 2.24) is 0 Å². The summed E-state index contributed by atoms with van der Waals surface area (Å²) >= 11 is 0. The van der Waals surface area contributed by atoms with Gasteiger partial charge < -0.3 is 9.47 Å². The third-order valence-corrected chi connectivity index (χ3v) is 2.51. The Hall–Kier alpha value is -1.02. The Bertz CT molecular complexity index is 337. The number of hydrogen-bond donors (Lipinski definition) is 0. The molecule has 1 aromatic rings. The molecular weight excluding hydrogens is 200 g/mol. The standard InChI is InChI=1S/C14H22O2/c1-6-15-10-16-13-11(2)8-7-9-12(13)14(3,4)5/h7-9H,6,10H2,1-5H3. The van der Waals surface area contributed by atoms with Crippen molar-refractivity contribution in [3.8, 4) is 5.75 Å². The fourth-order valence-corrected chi connectivity index (χ4v) is 1.62. The van der Waals surface area contributed by atoms with Crippen LogP contribution in [0.3, 0.4) is 0 Å². The Morgan fingerprint density at radius 3 is 2.44 bits per heavy atom. The van der Waals surface area contributed by atoms with Crippen molar-refractivity contribution < 1.29 is 9.47 Å². The van der Waals surface area contributed by atoms with Gasteiger partial charge in [-0.05, 0) is 30.4 Å². The van der Waals surface area contributed by atoms with E-state index in [1.54, 1.807) is 0 Å². The van der Waals surface area contributed by atoms with E-state index in [0.717, 1.165) is 11.3 Å².